The summed E-state index contributed by atoms with van der Waals surface area (Å²) in [5.41, 5.74) is 8.02. The minimum absolute atomic E-state index is 0.0537. The van der Waals surface area contributed by atoms with E-state index in [4.69, 9.17) is 10.5 Å². The number of hydrogen-bond acceptors (Lipinski definition) is 8. The first kappa shape index (κ1) is 19.4. The zero-order valence-corrected chi connectivity index (χ0v) is 17.7. The molecule has 146 valence electrons. The largest absolute Gasteiger partial charge is 0.463 e. The molecule has 1 aliphatic rings. The lowest BCUT2D eigenvalue weighted by atomic mass is 9.85. The zero-order valence-electron chi connectivity index (χ0n) is 15.2. The topological polar surface area (TPSA) is 98.1 Å². The summed E-state index contributed by atoms with van der Waals surface area (Å²) in [6.07, 6.45) is 1.76. The first-order valence-electron chi connectivity index (χ1n) is 8.66. The summed E-state index contributed by atoms with van der Waals surface area (Å²) in [6, 6.07) is 5.86. The van der Waals surface area contributed by atoms with Crippen LogP contribution in [0.25, 0.3) is 17.5 Å². The van der Waals surface area contributed by atoms with Crippen molar-refractivity contribution in [1.82, 2.24) is 4.57 Å². The Balaban J connectivity index is 2.11. The smallest absolute Gasteiger partial charge is 0.338 e. The number of ether oxygens (including phenoxy) is 1. The third-order valence-electron chi connectivity index (χ3n) is 4.48. The second-order valence-electron chi connectivity index (χ2n) is 6.15. The van der Waals surface area contributed by atoms with E-state index in [9.17, 15) is 14.9 Å². The van der Waals surface area contributed by atoms with Crippen LogP contribution in [-0.2, 0) is 9.53 Å². The van der Waals surface area contributed by atoms with Crippen molar-refractivity contribution in [2.45, 2.75) is 12.8 Å². The highest BCUT2D eigenvalue weighted by Gasteiger charge is 2.36. The number of rotatable bonds is 4. The lowest BCUT2D eigenvalue weighted by Gasteiger charge is -2.23. The van der Waals surface area contributed by atoms with Crippen molar-refractivity contribution in [2.24, 2.45) is 5.73 Å². The van der Waals surface area contributed by atoms with Gasteiger partial charge in [-0.15, -0.1) is 11.3 Å². The van der Waals surface area contributed by atoms with Crippen molar-refractivity contribution in [3.63, 3.8) is 0 Å². The Morgan fingerprint density at radius 1 is 1.34 bits per heavy atom. The van der Waals surface area contributed by atoms with E-state index >= 15 is 0 Å². The van der Waals surface area contributed by atoms with Gasteiger partial charge in [0.2, 0.25) is 0 Å². The molecular formula is C20H15N3O3S3. The van der Waals surface area contributed by atoms with Gasteiger partial charge in [0, 0.05) is 0 Å². The van der Waals surface area contributed by atoms with E-state index < -0.39 is 11.9 Å². The van der Waals surface area contributed by atoms with Gasteiger partial charge >= 0.3 is 5.97 Å². The van der Waals surface area contributed by atoms with E-state index in [0.717, 1.165) is 11.1 Å². The van der Waals surface area contributed by atoms with E-state index in [2.05, 4.69) is 6.07 Å². The summed E-state index contributed by atoms with van der Waals surface area (Å²) in [5, 5.41) is 17.4. The van der Waals surface area contributed by atoms with Gasteiger partial charge in [-0.05, 0) is 57.8 Å². The van der Waals surface area contributed by atoms with Crippen LogP contribution in [-0.4, -0.2) is 17.1 Å². The zero-order chi connectivity index (χ0) is 20.5. The van der Waals surface area contributed by atoms with Crippen molar-refractivity contribution < 1.29 is 9.53 Å². The Kier molecular flexibility index (Phi) is 5.24. The fourth-order valence-electron chi connectivity index (χ4n) is 3.23. The van der Waals surface area contributed by atoms with Gasteiger partial charge < -0.3 is 10.5 Å². The van der Waals surface area contributed by atoms with Crippen LogP contribution in [0, 0.1) is 11.3 Å². The molecule has 0 saturated carbocycles. The van der Waals surface area contributed by atoms with Crippen molar-refractivity contribution >= 4 is 57.4 Å². The molecule has 0 bridgehead atoms. The van der Waals surface area contributed by atoms with Crippen LogP contribution in [0.5, 0.6) is 0 Å². The molecule has 9 heteroatoms. The van der Waals surface area contributed by atoms with Gasteiger partial charge in [0.1, 0.15) is 10.5 Å². The van der Waals surface area contributed by atoms with Crippen LogP contribution >= 0.6 is 34.0 Å². The van der Waals surface area contributed by atoms with Crippen molar-refractivity contribution in [1.29, 1.82) is 5.26 Å². The first-order chi connectivity index (χ1) is 14.1. The summed E-state index contributed by atoms with van der Waals surface area (Å²) in [7, 11) is 0. The molecule has 1 unspecified atom stereocenters. The quantitative estimate of drug-likeness (QED) is 0.625. The average molecular weight is 442 g/mol. The molecule has 0 amide bonds. The predicted molar refractivity (Wildman–Crippen MR) is 116 cm³/mol. The van der Waals surface area contributed by atoms with Crippen LogP contribution in [0.3, 0.4) is 0 Å². The third kappa shape index (κ3) is 3.25. The number of nitrogens with zero attached hydrogens (tertiary/aromatic N) is 2. The number of thiophene rings is 2. The van der Waals surface area contributed by atoms with Gasteiger partial charge in [0.25, 0.3) is 5.56 Å². The van der Waals surface area contributed by atoms with Gasteiger partial charge in [-0.3, -0.25) is 9.36 Å². The van der Waals surface area contributed by atoms with Crippen LogP contribution in [0.15, 0.2) is 44.0 Å². The Hall–Kier alpha value is -2.93. The van der Waals surface area contributed by atoms with Crippen LogP contribution < -0.4 is 20.5 Å². The number of nitriles is 1. The fourth-order valence-corrected chi connectivity index (χ4v) is 5.70. The highest BCUT2D eigenvalue weighted by molar-refractivity contribution is 7.08. The summed E-state index contributed by atoms with van der Waals surface area (Å²) >= 11 is 4.16. The maximum atomic E-state index is 13.1. The molecule has 0 aromatic carbocycles. The number of fused-ring (bicyclic) bond motifs is 1. The van der Waals surface area contributed by atoms with Gasteiger partial charge in [0.15, 0.2) is 0 Å². The SMILES string of the molecule is CCOC(=O)C1=c2s/c(=C/c3ccsc3)c(=O)n2C(N)=C(C#N)C1c1ccsc1. The number of carbonyl (C=O) groups excluding carboxylic acids is 1. The van der Waals surface area contributed by atoms with E-state index in [-0.39, 0.29) is 29.1 Å². The highest BCUT2D eigenvalue weighted by Crippen LogP contribution is 2.37. The molecule has 2 N–H and O–H groups in total. The third-order valence-corrected chi connectivity index (χ3v) is 6.99. The summed E-state index contributed by atoms with van der Waals surface area (Å²) in [5.74, 6) is -1.17. The number of thiazole rings is 1. The Bertz CT molecular complexity index is 1320. The van der Waals surface area contributed by atoms with Gasteiger partial charge in [-0.2, -0.15) is 27.9 Å². The second-order valence-corrected chi connectivity index (χ2v) is 8.74. The molecule has 4 rings (SSSR count). The molecule has 1 atom stereocenters. The summed E-state index contributed by atoms with van der Waals surface area (Å²) < 4.78 is 7.39. The summed E-state index contributed by atoms with van der Waals surface area (Å²) in [4.78, 5) is 26.0. The molecule has 29 heavy (non-hydrogen) atoms. The molecule has 3 aromatic heterocycles. The van der Waals surface area contributed by atoms with Gasteiger partial charge in [-0.25, -0.2) is 4.79 Å². The van der Waals surface area contributed by atoms with E-state index in [1.807, 2.05) is 33.7 Å². The molecule has 0 radical (unpaired) electrons. The molecular weight excluding hydrogens is 426 g/mol. The van der Waals surface area contributed by atoms with E-state index in [0.29, 0.717) is 9.20 Å². The molecule has 4 heterocycles. The molecule has 1 aliphatic heterocycles. The number of esters is 1. The van der Waals surface area contributed by atoms with E-state index in [1.165, 1.54) is 38.6 Å². The minimum atomic E-state index is -0.669. The average Bonchev–Trinajstić information content (AvgIpc) is 3.45. The van der Waals surface area contributed by atoms with Crippen molar-refractivity contribution in [3.8, 4) is 6.07 Å². The summed E-state index contributed by atoms with van der Waals surface area (Å²) in [6.45, 7) is 1.90. The second kappa shape index (κ2) is 7.83. The number of hydrogen-bond donors (Lipinski definition) is 1. The van der Waals surface area contributed by atoms with E-state index in [1.54, 1.807) is 13.0 Å². The number of nitrogens with two attached hydrogens (primary N) is 1. The lowest BCUT2D eigenvalue weighted by molar-refractivity contribution is -0.136. The molecule has 0 fully saturated rings. The lowest BCUT2D eigenvalue weighted by Crippen LogP contribution is -2.40. The Morgan fingerprint density at radius 3 is 2.72 bits per heavy atom. The number of aromatic nitrogens is 1. The number of carbonyl (C=O) groups is 1. The fraction of sp³-hybridized carbons (Fsp3) is 0.150. The van der Waals surface area contributed by atoms with Crippen LogP contribution in [0.4, 0.5) is 0 Å². The Morgan fingerprint density at radius 2 is 2.10 bits per heavy atom. The predicted octanol–water partition coefficient (Wildman–Crippen LogP) is 2.02. The maximum absolute atomic E-state index is 13.1. The molecule has 0 aliphatic carbocycles. The van der Waals surface area contributed by atoms with Gasteiger partial charge in [-0.1, -0.05) is 0 Å². The van der Waals surface area contributed by atoms with Crippen molar-refractivity contribution in [2.75, 3.05) is 6.61 Å². The van der Waals surface area contributed by atoms with Gasteiger partial charge in [0.05, 0.1) is 34.3 Å². The molecule has 6 nitrogen and oxygen atoms in total. The maximum Gasteiger partial charge on any atom is 0.338 e. The highest BCUT2D eigenvalue weighted by atomic mass is 32.1. The standard InChI is InChI=1S/C20H15N3O3S3/c1-2-26-20(25)16-15(12-4-6-28-10-12)13(8-21)17(22)23-18(24)14(29-19(16)23)7-11-3-5-27-9-11/h3-7,9-10,15H,2,22H2,1H3/b14-7+. The first-order valence-corrected chi connectivity index (χ1v) is 11.4. The van der Waals surface area contributed by atoms with Crippen molar-refractivity contribution in [3.05, 3.63) is 69.9 Å². The molecule has 0 saturated heterocycles. The molecule has 3 aromatic rings. The van der Waals surface area contributed by atoms with Crippen LogP contribution in [0.2, 0.25) is 0 Å². The minimum Gasteiger partial charge on any atom is -0.463 e. The van der Waals surface area contributed by atoms with Crippen LogP contribution in [0.1, 0.15) is 24.0 Å². The number of allylic oxidation sites excluding steroid dienone is 1. The normalized spacial score (nSPS) is 16.6. The Labute approximate surface area is 177 Å². The molecule has 0 spiro atoms. The monoisotopic (exact) mass is 441 g/mol.